The largest absolute Gasteiger partial charge is 0.318 e. The molecular weight excluding hydrogens is 552 g/mol. The lowest BCUT2D eigenvalue weighted by Gasteiger charge is -2.10. The van der Waals surface area contributed by atoms with Crippen molar-refractivity contribution in [3.63, 3.8) is 0 Å². The highest BCUT2D eigenvalue weighted by molar-refractivity contribution is 5.88. The van der Waals surface area contributed by atoms with Gasteiger partial charge in [-0.05, 0) is 60.4 Å². The molecule has 6 aromatic rings. The molecule has 44 heavy (non-hydrogen) atoms. The second-order valence-electron chi connectivity index (χ2n) is 11.1. The Labute approximate surface area is 254 Å². The average molecular weight is 587 g/mol. The van der Waals surface area contributed by atoms with Gasteiger partial charge < -0.3 is 9.13 Å². The van der Waals surface area contributed by atoms with Crippen LogP contribution in [-0.2, 0) is 35.5 Å². The number of hydrogen-bond donors (Lipinski definition) is 4. The van der Waals surface area contributed by atoms with E-state index in [1.165, 1.54) is 0 Å². The van der Waals surface area contributed by atoms with Gasteiger partial charge in [-0.1, -0.05) is 71.8 Å². The Hall–Kier alpha value is -5.32. The van der Waals surface area contributed by atoms with Crippen LogP contribution in [0.3, 0.4) is 0 Å². The van der Waals surface area contributed by atoms with Gasteiger partial charge in [-0.3, -0.25) is 20.4 Å². The number of aromatic nitrogens is 4. The summed E-state index contributed by atoms with van der Waals surface area (Å²) in [5, 5.41) is 0. The lowest BCUT2D eigenvalue weighted by Crippen LogP contribution is -2.33. The van der Waals surface area contributed by atoms with E-state index in [0.717, 1.165) is 67.1 Å². The molecule has 4 aromatic carbocycles. The fourth-order valence-electron chi connectivity index (χ4n) is 5.73. The average Bonchev–Trinajstić information content (AvgIpc) is 3.52. The number of aryl methyl sites for hydroxylation is 2. The van der Waals surface area contributed by atoms with Crippen LogP contribution in [0.5, 0.6) is 0 Å². The quantitative estimate of drug-likeness (QED) is 0.115. The number of benzene rings is 4. The minimum absolute atomic E-state index is 0.0665. The van der Waals surface area contributed by atoms with Crippen LogP contribution in [0.1, 0.15) is 33.9 Å². The van der Waals surface area contributed by atoms with Crippen LogP contribution in [-0.4, -0.2) is 30.9 Å². The Morgan fingerprint density at radius 3 is 1.45 bits per heavy atom. The number of hydrogen-bond acceptors (Lipinski definition) is 6. The molecule has 6 N–H and O–H groups in total. The van der Waals surface area contributed by atoms with Crippen molar-refractivity contribution in [1.29, 1.82) is 0 Å². The SMILES string of the molecule is Cc1cccc(Cc2nc3cc(-c4ccc5c(c4)nc(Cc4cccc(C)c4)n5CC(=O)NN)ccc3n2CC(=O)NN)c1. The molecule has 0 unspecified atom stereocenters. The first-order chi connectivity index (χ1) is 21.3. The fraction of sp³-hybridized carbons (Fsp3) is 0.176. The first-order valence-electron chi connectivity index (χ1n) is 14.4. The molecule has 2 aromatic heterocycles. The van der Waals surface area contributed by atoms with Crippen LogP contribution in [0.25, 0.3) is 33.2 Å². The van der Waals surface area contributed by atoms with Gasteiger partial charge >= 0.3 is 0 Å². The van der Waals surface area contributed by atoms with Crippen LogP contribution < -0.4 is 22.5 Å². The van der Waals surface area contributed by atoms with E-state index in [1.54, 1.807) is 0 Å². The highest BCUT2D eigenvalue weighted by Gasteiger charge is 2.17. The molecule has 0 aliphatic heterocycles. The minimum Gasteiger partial charge on any atom is -0.318 e. The summed E-state index contributed by atoms with van der Waals surface area (Å²) in [6.07, 6.45) is 1.15. The summed E-state index contributed by atoms with van der Waals surface area (Å²) >= 11 is 0. The van der Waals surface area contributed by atoms with Gasteiger partial charge in [0.2, 0.25) is 0 Å². The Kier molecular flexibility index (Phi) is 7.93. The Morgan fingerprint density at radius 2 is 1.07 bits per heavy atom. The van der Waals surface area contributed by atoms with Gasteiger partial charge in [0.1, 0.15) is 24.7 Å². The molecule has 0 spiro atoms. The molecule has 0 aliphatic rings. The summed E-state index contributed by atoms with van der Waals surface area (Å²) in [6, 6.07) is 28.6. The van der Waals surface area contributed by atoms with E-state index in [2.05, 4.69) is 61.1 Å². The summed E-state index contributed by atoms with van der Waals surface area (Å²) in [5.74, 6) is 11.8. The number of fused-ring (bicyclic) bond motifs is 2. The third-order valence-corrected chi connectivity index (χ3v) is 7.80. The molecule has 0 fully saturated rings. The second kappa shape index (κ2) is 12.1. The topological polar surface area (TPSA) is 146 Å². The predicted octanol–water partition coefficient (Wildman–Crippen LogP) is 3.83. The van der Waals surface area contributed by atoms with E-state index in [1.807, 2.05) is 57.7 Å². The van der Waals surface area contributed by atoms with Crippen molar-refractivity contribution in [2.75, 3.05) is 0 Å². The van der Waals surface area contributed by atoms with Gasteiger partial charge in [0, 0.05) is 12.8 Å². The number of nitrogens with one attached hydrogen (secondary N) is 2. The molecule has 2 amide bonds. The zero-order valence-corrected chi connectivity index (χ0v) is 24.7. The van der Waals surface area contributed by atoms with E-state index in [4.69, 9.17) is 21.7 Å². The molecule has 10 heteroatoms. The Balaban J connectivity index is 1.39. The number of rotatable bonds is 9. The molecule has 0 atom stereocenters. The first kappa shape index (κ1) is 28.8. The predicted molar refractivity (Wildman–Crippen MR) is 171 cm³/mol. The number of amides is 2. The summed E-state index contributed by atoms with van der Waals surface area (Å²) < 4.78 is 3.82. The fourth-order valence-corrected chi connectivity index (χ4v) is 5.73. The van der Waals surface area contributed by atoms with E-state index >= 15 is 0 Å². The first-order valence-corrected chi connectivity index (χ1v) is 14.4. The van der Waals surface area contributed by atoms with Gasteiger partial charge in [-0.2, -0.15) is 0 Å². The molecule has 0 saturated heterocycles. The highest BCUT2D eigenvalue weighted by atomic mass is 16.2. The number of carbonyl (C=O) groups excluding carboxylic acids is 2. The maximum atomic E-state index is 12.3. The van der Waals surface area contributed by atoms with E-state index in [-0.39, 0.29) is 24.9 Å². The van der Waals surface area contributed by atoms with Crippen molar-refractivity contribution >= 4 is 33.9 Å². The van der Waals surface area contributed by atoms with Gasteiger partial charge in [-0.15, -0.1) is 0 Å². The van der Waals surface area contributed by atoms with Crippen molar-refractivity contribution < 1.29 is 9.59 Å². The monoisotopic (exact) mass is 586 g/mol. The van der Waals surface area contributed by atoms with Crippen molar-refractivity contribution in [3.05, 3.63) is 119 Å². The third kappa shape index (κ3) is 5.94. The zero-order valence-electron chi connectivity index (χ0n) is 24.7. The lowest BCUT2D eigenvalue weighted by molar-refractivity contribution is -0.122. The molecule has 2 heterocycles. The highest BCUT2D eigenvalue weighted by Crippen LogP contribution is 2.29. The van der Waals surface area contributed by atoms with Gasteiger partial charge in [0.15, 0.2) is 0 Å². The smallest absolute Gasteiger partial charge is 0.253 e. The van der Waals surface area contributed by atoms with Gasteiger partial charge in [0.25, 0.3) is 11.8 Å². The lowest BCUT2D eigenvalue weighted by atomic mass is 10.0. The summed E-state index contributed by atoms with van der Waals surface area (Å²) in [5.41, 5.74) is 14.2. The number of carbonyl (C=O) groups is 2. The van der Waals surface area contributed by atoms with Crippen LogP contribution in [0.2, 0.25) is 0 Å². The van der Waals surface area contributed by atoms with Crippen molar-refractivity contribution in [1.82, 2.24) is 30.0 Å². The number of nitrogens with two attached hydrogens (primary N) is 2. The van der Waals surface area contributed by atoms with Crippen molar-refractivity contribution in [2.45, 2.75) is 39.8 Å². The molecule has 6 rings (SSSR count). The summed E-state index contributed by atoms with van der Waals surface area (Å²) in [7, 11) is 0. The molecule has 0 aliphatic carbocycles. The van der Waals surface area contributed by atoms with E-state index in [0.29, 0.717) is 12.8 Å². The second-order valence-corrected chi connectivity index (χ2v) is 11.1. The zero-order chi connectivity index (χ0) is 30.8. The van der Waals surface area contributed by atoms with Gasteiger partial charge in [0.05, 0.1) is 22.1 Å². The Bertz CT molecular complexity index is 1880. The van der Waals surface area contributed by atoms with E-state index < -0.39 is 0 Å². The molecular formula is C34H34N8O2. The molecule has 0 bridgehead atoms. The Morgan fingerprint density at radius 1 is 0.636 bits per heavy atom. The standard InChI is InChI=1S/C34H34N8O2/c1-21-5-3-7-23(13-21)15-31-37-27-17-25(9-11-29(27)41(31)19-33(43)39-35)26-10-12-30-28(18-26)38-32(42(30)20-34(44)40-36)16-24-8-4-6-22(2)14-24/h3-14,17-18H,15-16,19-20,35-36H2,1-2H3,(H,39,43)(H,40,44). The summed E-state index contributed by atoms with van der Waals surface area (Å²) in [6.45, 7) is 4.24. The maximum absolute atomic E-state index is 12.3. The van der Waals surface area contributed by atoms with Crippen molar-refractivity contribution in [3.8, 4) is 11.1 Å². The normalized spacial score (nSPS) is 11.3. The molecule has 222 valence electrons. The minimum atomic E-state index is -0.301. The van der Waals surface area contributed by atoms with E-state index in [9.17, 15) is 9.59 Å². The van der Waals surface area contributed by atoms with Crippen LogP contribution >= 0.6 is 0 Å². The number of nitrogens with zero attached hydrogens (tertiary/aromatic N) is 4. The van der Waals surface area contributed by atoms with Crippen LogP contribution in [0, 0.1) is 13.8 Å². The van der Waals surface area contributed by atoms with Crippen LogP contribution in [0.15, 0.2) is 84.9 Å². The molecule has 10 nitrogen and oxygen atoms in total. The van der Waals surface area contributed by atoms with Gasteiger partial charge in [-0.25, -0.2) is 21.7 Å². The molecule has 0 saturated carbocycles. The third-order valence-electron chi connectivity index (χ3n) is 7.80. The number of hydrazine groups is 2. The molecule has 0 radical (unpaired) electrons. The van der Waals surface area contributed by atoms with Crippen LogP contribution in [0.4, 0.5) is 0 Å². The van der Waals surface area contributed by atoms with Crippen molar-refractivity contribution in [2.24, 2.45) is 11.7 Å². The summed E-state index contributed by atoms with van der Waals surface area (Å²) in [4.78, 5) is 34.5. The maximum Gasteiger partial charge on any atom is 0.253 e. The number of imidazole rings is 2.